The molecule has 0 amide bonds. The Morgan fingerprint density at radius 1 is 1.64 bits per heavy atom. The molecule has 62 valence electrons. The highest BCUT2D eigenvalue weighted by atomic mass is 16.3. The van der Waals surface area contributed by atoms with Crippen molar-refractivity contribution >= 4 is 0 Å². The van der Waals surface area contributed by atoms with Crippen LogP contribution in [0.15, 0.2) is 22.8 Å². The minimum atomic E-state index is 0.0174. The predicted molar refractivity (Wildman–Crippen MR) is 45.4 cm³/mol. The van der Waals surface area contributed by atoms with Crippen LogP contribution in [0.2, 0.25) is 0 Å². The lowest BCUT2D eigenvalue weighted by Gasteiger charge is -2.23. The lowest BCUT2D eigenvalue weighted by atomic mass is 9.85. The van der Waals surface area contributed by atoms with Gasteiger partial charge >= 0.3 is 0 Å². The van der Waals surface area contributed by atoms with Crippen LogP contribution in [0.25, 0.3) is 0 Å². The van der Waals surface area contributed by atoms with Crippen molar-refractivity contribution in [3.8, 4) is 0 Å². The van der Waals surface area contributed by atoms with E-state index in [2.05, 4.69) is 13.8 Å². The molecular formula is C9H15NO. The van der Waals surface area contributed by atoms with Crippen molar-refractivity contribution in [2.24, 2.45) is 5.73 Å². The summed E-state index contributed by atoms with van der Waals surface area (Å²) in [4.78, 5) is 0. The summed E-state index contributed by atoms with van der Waals surface area (Å²) in [6.07, 6.45) is 2.70. The lowest BCUT2D eigenvalue weighted by Crippen LogP contribution is -2.30. The summed E-state index contributed by atoms with van der Waals surface area (Å²) in [6, 6.07) is 3.88. The van der Waals surface area contributed by atoms with Gasteiger partial charge in [0.25, 0.3) is 0 Å². The van der Waals surface area contributed by atoms with Gasteiger partial charge in [0.1, 0.15) is 5.76 Å². The molecule has 2 N–H and O–H groups in total. The number of rotatable bonds is 3. The monoisotopic (exact) mass is 153 g/mol. The molecule has 1 atom stereocenters. The molecule has 1 aromatic heterocycles. The van der Waals surface area contributed by atoms with E-state index >= 15 is 0 Å². The first-order valence-electron chi connectivity index (χ1n) is 3.97. The molecule has 0 saturated heterocycles. The van der Waals surface area contributed by atoms with Gasteiger partial charge < -0.3 is 10.2 Å². The van der Waals surface area contributed by atoms with Gasteiger partial charge in [-0.05, 0) is 18.6 Å². The summed E-state index contributed by atoms with van der Waals surface area (Å²) in [5.41, 5.74) is 5.67. The van der Waals surface area contributed by atoms with Crippen molar-refractivity contribution in [1.82, 2.24) is 0 Å². The first-order valence-corrected chi connectivity index (χ1v) is 3.97. The predicted octanol–water partition coefficient (Wildman–Crippen LogP) is 1.91. The van der Waals surface area contributed by atoms with Crippen LogP contribution in [0.4, 0.5) is 0 Å². The fraction of sp³-hybridized carbons (Fsp3) is 0.556. The largest absolute Gasteiger partial charge is 0.469 e. The fourth-order valence-corrected chi connectivity index (χ4v) is 1.04. The van der Waals surface area contributed by atoms with Gasteiger partial charge in [0.2, 0.25) is 0 Å². The van der Waals surface area contributed by atoms with Gasteiger partial charge in [-0.2, -0.15) is 0 Å². The molecule has 0 fully saturated rings. The van der Waals surface area contributed by atoms with E-state index in [4.69, 9.17) is 10.2 Å². The molecule has 0 aliphatic rings. The van der Waals surface area contributed by atoms with Crippen molar-refractivity contribution in [1.29, 1.82) is 0 Å². The summed E-state index contributed by atoms with van der Waals surface area (Å²) in [6.45, 7) is 4.87. The third kappa shape index (κ3) is 1.46. The van der Waals surface area contributed by atoms with Crippen LogP contribution in [0, 0.1) is 0 Å². The highest BCUT2D eigenvalue weighted by Crippen LogP contribution is 2.25. The van der Waals surface area contributed by atoms with Crippen LogP contribution in [-0.2, 0) is 5.41 Å². The highest BCUT2D eigenvalue weighted by Gasteiger charge is 2.25. The van der Waals surface area contributed by atoms with Crippen LogP contribution in [0.3, 0.4) is 0 Å². The molecule has 0 aromatic carbocycles. The summed E-state index contributed by atoms with van der Waals surface area (Å²) >= 11 is 0. The normalized spacial score (nSPS) is 16.3. The molecule has 1 heterocycles. The smallest absolute Gasteiger partial charge is 0.110 e. The Balaban J connectivity index is 2.87. The van der Waals surface area contributed by atoms with E-state index in [-0.39, 0.29) is 5.41 Å². The second-order valence-corrected chi connectivity index (χ2v) is 3.10. The second kappa shape index (κ2) is 3.09. The van der Waals surface area contributed by atoms with E-state index in [0.717, 1.165) is 12.2 Å². The molecule has 0 aliphatic heterocycles. The molecule has 0 radical (unpaired) electrons. The first-order chi connectivity index (χ1) is 5.23. The molecule has 0 bridgehead atoms. The van der Waals surface area contributed by atoms with E-state index in [1.165, 1.54) is 0 Å². The zero-order chi connectivity index (χ0) is 8.32. The Bertz CT molecular complexity index is 199. The van der Waals surface area contributed by atoms with Gasteiger partial charge in [-0.3, -0.25) is 0 Å². The van der Waals surface area contributed by atoms with E-state index in [9.17, 15) is 0 Å². The Hall–Kier alpha value is -0.760. The van der Waals surface area contributed by atoms with Crippen molar-refractivity contribution < 1.29 is 4.42 Å². The summed E-state index contributed by atoms with van der Waals surface area (Å²) in [7, 11) is 0. The Labute approximate surface area is 67.4 Å². The van der Waals surface area contributed by atoms with Crippen molar-refractivity contribution in [3.05, 3.63) is 24.2 Å². The summed E-state index contributed by atoms with van der Waals surface area (Å²) < 4.78 is 5.30. The second-order valence-electron chi connectivity index (χ2n) is 3.10. The average molecular weight is 153 g/mol. The van der Waals surface area contributed by atoms with Crippen molar-refractivity contribution in [2.75, 3.05) is 6.54 Å². The molecule has 1 unspecified atom stereocenters. The van der Waals surface area contributed by atoms with Crippen molar-refractivity contribution in [2.45, 2.75) is 25.7 Å². The number of nitrogens with two attached hydrogens (primary N) is 1. The standard InChI is InChI=1S/C9H15NO/c1-3-9(2,7-10)8-5-4-6-11-8/h4-6H,3,7,10H2,1-2H3. The summed E-state index contributed by atoms with van der Waals surface area (Å²) in [5, 5.41) is 0. The number of hydrogen-bond acceptors (Lipinski definition) is 2. The fourth-order valence-electron chi connectivity index (χ4n) is 1.04. The third-order valence-corrected chi connectivity index (χ3v) is 2.35. The van der Waals surface area contributed by atoms with Gasteiger partial charge in [0.15, 0.2) is 0 Å². The van der Waals surface area contributed by atoms with Gasteiger partial charge in [0.05, 0.1) is 6.26 Å². The van der Waals surface area contributed by atoms with E-state index in [0.29, 0.717) is 6.54 Å². The highest BCUT2D eigenvalue weighted by molar-refractivity contribution is 5.12. The van der Waals surface area contributed by atoms with Gasteiger partial charge in [-0.1, -0.05) is 13.8 Å². The maximum Gasteiger partial charge on any atom is 0.110 e. The molecule has 2 nitrogen and oxygen atoms in total. The first kappa shape index (κ1) is 8.34. The molecule has 2 heteroatoms. The maximum absolute atomic E-state index is 5.65. The minimum absolute atomic E-state index is 0.0174. The Morgan fingerprint density at radius 2 is 2.36 bits per heavy atom. The molecule has 1 aromatic rings. The van der Waals surface area contributed by atoms with E-state index in [1.807, 2.05) is 12.1 Å². The van der Waals surface area contributed by atoms with Crippen LogP contribution in [0.1, 0.15) is 26.0 Å². The quantitative estimate of drug-likeness (QED) is 0.720. The maximum atomic E-state index is 5.65. The van der Waals surface area contributed by atoms with Gasteiger partial charge in [-0.25, -0.2) is 0 Å². The average Bonchev–Trinajstić information content (AvgIpc) is 2.55. The minimum Gasteiger partial charge on any atom is -0.469 e. The SMILES string of the molecule is CCC(C)(CN)c1ccco1. The Kier molecular flexibility index (Phi) is 2.35. The van der Waals surface area contributed by atoms with Gasteiger partial charge in [-0.15, -0.1) is 0 Å². The lowest BCUT2D eigenvalue weighted by molar-refractivity contribution is 0.356. The van der Waals surface area contributed by atoms with Crippen molar-refractivity contribution in [3.63, 3.8) is 0 Å². The van der Waals surface area contributed by atoms with E-state index in [1.54, 1.807) is 6.26 Å². The molecule has 1 rings (SSSR count). The Morgan fingerprint density at radius 3 is 2.73 bits per heavy atom. The summed E-state index contributed by atoms with van der Waals surface area (Å²) in [5.74, 6) is 0.988. The third-order valence-electron chi connectivity index (χ3n) is 2.35. The van der Waals surface area contributed by atoms with Crippen LogP contribution in [0.5, 0.6) is 0 Å². The van der Waals surface area contributed by atoms with Gasteiger partial charge in [0, 0.05) is 12.0 Å². The zero-order valence-electron chi connectivity index (χ0n) is 7.13. The molecule has 11 heavy (non-hydrogen) atoms. The van der Waals surface area contributed by atoms with Crippen LogP contribution < -0.4 is 5.73 Å². The number of furan rings is 1. The molecule has 0 spiro atoms. The topological polar surface area (TPSA) is 39.2 Å². The number of hydrogen-bond donors (Lipinski definition) is 1. The molecule has 0 saturated carbocycles. The van der Waals surface area contributed by atoms with Crippen LogP contribution in [-0.4, -0.2) is 6.54 Å². The molecule has 0 aliphatic carbocycles. The zero-order valence-corrected chi connectivity index (χ0v) is 7.13. The van der Waals surface area contributed by atoms with E-state index < -0.39 is 0 Å². The molecular weight excluding hydrogens is 138 g/mol. The van der Waals surface area contributed by atoms with Crippen LogP contribution >= 0.6 is 0 Å².